The summed E-state index contributed by atoms with van der Waals surface area (Å²) in [6.07, 6.45) is 0.634. The average Bonchev–Trinajstić information content (AvgIpc) is 2.52. The van der Waals surface area contributed by atoms with Gasteiger partial charge in [-0.2, -0.15) is 0 Å². The van der Waals surface area contributed by atoms with Crippen LogP contribution in [0.2, 0.25) is 5.02 Å². The van der Waals surface area contributed by atoms with E-state index in [4.69, 9.17) is 27.2 Å². The number of nitrogens with two attached hydrogens (primary N) is 1. The molecule has 1 atom stereocenters. The van der Waals surface area contributed by atoms with Crippen molar-refractivity contribution in [3.8, 4) is 5.75 Å². The van der Waals surface area contributed by atoms with Crippen molar-refractivity contribution in [2.45, 2.75) is 38.3 Å². The standard InChI is InChI=1S/C13H16ClNO3/c1-13(2)6-8-3-7(10(15)5-11(16)17)4-9(14)12(8)18-13/h3-4,10H,5-6,15H2,1-2H3,(H,16,17). The summed E-state index contributed by atoms with van der Waals surface area (Å²) >= 11 is 6.15. The van der Waals surface area contributed by atoms with Crippen molar-refractivity contribution in [2.75, 3.05) is 0 Å². The summed E-state index contributed by atoms with van der Waals surface area (Å²) in [7, 11) is 0. The molecule has 0 bridgehead atoms. The minimum absolute atomic E-state index is 0.112. The molecule has 98 valence electrons. The molecule has 0 aromatic heterocycles. The highest BCUT2D eigenvalue weighted by atomic mass is 35.5. The molecule has 1 aliphatic rings. The molecule has 0 saturated carbocycles. The van der Waals surface area contributed by atoms with Crippen LogP contribution in [0.4, 0.5) is 0 Å². The summed E-state index contributed by atoms with van der Waals surface area (Å²) in [5.74, 6) is -0.233. The molecule has 1 aromatic carbocycles. The smallest absolute Gasteiger partial charge is 0.305 e. The van der Waals surface area contributed by atoms with Gasteiger partial charge in [-0.05, 0) is 31.0 Å². The Balaban J connectivity index is 2.32. The Bertz CT molecular complexity index is 499. The van der Waals surface area contributed by atoms with Gasteiger partial charge in [-0.3, -0.25) is 4.79 Å². The third-order valence-electron chi connectivity index (χ3n) is 2.96. The Morgan fingerprint density at radius 3 is 2.89 bits per heavy atom. The monoisotopic (exact) mass is 269 g/mol. The van der Waals surface area contributed by atoms with Crippen LogP contribution >= 0.6 is 11.6 Å². The number of carboxylic acid groups (broad SMARTS) is 1. The van der Waals surface area contributed by atoms with E-state index in [0.29, 0.717) is 10.8 Å². The van der Waals surface area contributed by atoms with Gasteiger partial charge in [-0.1, -0.05) is 17.7 Å². The number of aliphatic carboxylic acids is 1. The molecular weight excluding hydrogens is 254 g/mol. The van der Waals surface area contributed by atoms with Gasteiger partial charge in [0.25, 0.3) is 0 Å². The molecule has 0 amide bonds. The van der Waals surface area contributed by atoms with Crippen LogP contribution in [0.25, 0.3) is 0 Å². The highest BCUT2D eigenvalue weighted by Crippen LogP contribution is 2.41. The summed E-state index contributed by atoms with van der Waals surface area (Å²) in [6, 6.07) is 3.04. The maximum Gasteiger partial charge on any atom is 0.305 e. The second-order valence-electron chi connectivity index (χ2n) is 5.23. The number of halogens is 1. The predicted octanol–water partition coefficient (Wildman–Crippen LogP) is 2.53. The SMILES string of the molecule is CC1(C)Cc2cc(C(N)CC(=O)O)cc(Cl)c2O1. The molecule has 3 N–H and O–H groups in total. The third-order valence-corrected chi connectivity index (χ3v) is 3.24. The van der Waals surface area contributed by atoms with E-state index < -0.39 is 12.0 Å². The quantitative estimate of drug-likeness (QED) is 0.884. The first-order valence-corrected chi connectivity index (χ1v) is 6.15. The molecule has 0 aliphatic carbocycles. The number of hydrogen-bond donors (Lipinski definition) is 2. The summed E-state index contributed by atoms with van der Waals surface area (Å²) in [5, 5.41) is 9.25. The molecule has 1 aliphatic heterocycles. The average molecular weight is 270 g/mol. The fraction of sp³-hybridized carbons (Fsp3) is 0.462. The van der Waals surface area contributed by atoms with Crippen LogP contribution in [-0.4, -0.2) is 16.7 Å². The van der Waals surface area contributed by atoms with Gasteiger partial charge in [0.05, 0.1) is 11.4 Å². The Kier molecular flexibility index (Phi) is 3.25. The van der Waals surface area contributed by atoms with Crippen LogP contribution in [0.15, 0.2) is 12.1 Å². The normalized spacial score (nSPS) is 18.0. The second-order valence-corrected chi connectivity index (χ2v) is 5.64. The van der Waals surface area contributed by atoms with E-state index in [1.807, 2.05) is 19.9 Å². The van der Waals surface area contributed by atoms with Crippen LogP contribution in [-0.2, 0) is 11.2 Å². The van der Waals surface area contributed by atoms with Gasteiger partial charge >= 0.3 is 5.97 Å². The van der Waals surface area contributed by atoms with E-state index in [1.165, 1.54) is 0 Å². The van der Waals surface area contributed by atoms with Gasteiger partial charge in [0.15, 0.2) is 0 Å². The van der Waals surface area contributed by atoms with E-state index in [-0.39, 0.29) is 12.0 Å². The number of carbonyl (C=O) groups is 1. The van der Waals surface area contributed by atoms with Crippen molar-refractivity contribution in [3.63, 3.8) is 0 Å². The maximum atomic E-state index is 10.7. The van der Waals surface area contributed by atoms with E-state index >= 15 is 0 Å². The summed E-state index contributed by atoms with van der Waals surface area (Å²) < 4.78 is 5.75. The molecule has 5 heteroatoms. The largest absolute Gasteiger partial charge is 0.486 e. The molecule has 0 fully saturated rings. The molecule has 18 heavy (non-hydrogen) atoms. The lowest BCUT2D eigenvalue weighted by Gasteiger charge is -2.17. The fourth-order valence-corrected chi connectivity index (χ4v) is 2.50. The number of fused-ring (bicyclic) bond motifs is 1. The zero-order chi connectivity index (χ0) is 13.5. The third kappa shape index (κ3) is 2.60. The maximum absolute atomic E-state index is 10.7. The minimum Gasteiger partial charge on any atom is -0.486 e. The van der Waals surface area contributed by atoms with Crippen molar-refractivity contribution < 1.29 is 14.6 Å². The van der Waals surface area contributed by atoms with Gasteiger partial charge in [0.1, 0.15) is 11.4 Å². The molecule has 0 saturated heterocycles. The number of rotatable bonds is 3. The lowest BCUT2D eigenvalue weighted by Crippen LogP contribution is -2.24. The van der Waals surface area contributed by atoms with Crippen LogP contribution in [0, 0.1) is 0 Å². The van der Waals surface area contributed by atoms with Gasteiger partial charge in [-0.15, -0.1) is 0 Å². The van der Waals surface area contributed by atoms with E-state index in [1.54, 1.807) is 6.07 Å². The van der Waals surface area contributed by atoms with Crippen molar-refractivity contribution >= 4 is 17.6 Å². The Morgan fingerprint density at radius 1 is 1.61 bits per heavy atom. The number of benzene rings is 1. The summed E-state index contributed by atoms with van der Waals surface area (Å²) in [5.41, 5.74) is 7.30. The second kappa shape index (κ2) is 4.44. The molecule has 1 unspecified atom stereocenters. The van der Waals surface area contributed by atoms with Crippen molar-refractivity contribution in [2.24, 2.45) is 5.73 Å². The molecular formula is C13H16ClNO3. The number of ether oxygens (including phenoxy) is 1. The highest BCUT2D eigenvalue weighted by molar-refractivity contribution is 6.32. The zero-order valence-corrected chi connectivity index (χ0v) is 11.1. The van der Waals surface area contributed by atoms with Gasteiger partial charge in [-0.25, -0.2) is 0 Å². The zero-order valence-electron chi connectivity index (χ0n) is 10.4. The molecule has 1 heterocycles. The van der Waals surface area contributed by atoms with Crippen LogP contribution < -0.4 is 10.5 Å². The Morgan fingerprint density at radius 2 is 2.28 bits per heavy atom. The lowest BCUT2D eigenvalue weighted by molar-refractivity contribution is -0.137. The first-order valence-electron chi connectivity index (χ1n) is 5.77. The molecule has 0 radical (unpaired) electrons. The van der Waals surface area contributed by atoms with Crippen LogP contribution in [0.1, 0.15) is 37.4 Å². The first-order chi connectivity index (χ1) is 8.28. The van der Waals surface area contributed by atoms with Crippen molar-refractivity contribution in [1.29, 1.82) is 0 Å². The van der Waals surface area contributed by atoms with Crippen LogP contribution in [0.3, 0.4) is 0 Å². The molecule has 2 rings (SSSR count). The summed E-state index contributed by atoms with van der Waals surface area (Å²) in [6.45, 7) is 3.97. The number of carboxylic acids is 1. The number of hydrogen-bond acceptors (Lipinski definition) is 3. The Labute approximate surface area is 111 Å². The van der Waals surface area contributed by atoms with Gasteiger partial charge < -0.3 is 15.6 Å². The topological polar surface area (TPSA) is 72.6 Å². The molecule has 0 spiro atoms. The van der Waals surface area contributed by atoms with Crippen molar-refractivity contribution in [3.05, 3.63) is 28.3 Å². The molecule has 1 aromatic rings. The Hall–Kier alpha value is -1.26. The molecule has 4 nitrogen and oxygen atoms in total. The lowest BCUT2D eigenvalue weighted by atomic mass is 9.97. The predicted molar refractivity (Wildman–Crippen MR) is 69.0 cm³/mol. The summed E-state index contributed by atoms with van der Waals surface area (Å²) in [4.78, 5) is 10.7. The van der Waals surface area contributed by atoms with Crippen LogP contribution in [0.5, 0.6) is 5.75 Å². The highest BCUT2D eigenvalue weighted by Gasteiger charge is 2.32. The first kappa shape index (κ1) is 13.2. The van der Waals surface area contributed by atoms with Crippen molar-refractivity contribution in [1.82, 2.24) is 0 Å². The van der Waals surface area contributed by atoms with Gasteiger partial charge in [0.2, 0.25) is 0 Å². The van der Waals surface area contributed by atoms with E-state index in [9.17, 15) is 4.79 Å². The van der Waals surface area contributed by atoms with E-state index in [0.717, 1.165) is 17.5 Å². The van der Waals surface area contributed by atoms with Gasteiger partial charge in [0, 0.05) is 12.5 Å². The van der Waals surface area contributed by atoms with E-state index in [2.05, 4.69) is 0 Å². The minimum atomic E-state index is -0.921. The fourth-order valence-electron chi connectivity index (χ4n) is 2.21.